The maximum atomic E-state index is 11.8. The standard InChI is InChI=1S/C12H20BrN3O2/c1-16-11(18-2)9-10(15-16)12(17)14-8-6-4-3-5-7-13/h9H,3-8H2,1-2H3,(H,14,17). The summed E-state index contributed by atoms with van der Waals surface area (Å²) in [4.78, 5) is 11.8. The van der Waals surface area contributed by atoms with Crippen molar-refractivity contribution in [1.29, 1.82) is 0 Å². The van der Waals surface area contributed by atoms with E-state index in [-0.39, 0.29) is 5.91 Å². The molecule has 1 rings (SSSR count). The fraction of sp³-hybridized carbons (Fsp3) is 0.667. The van der Waals surface area contributed by atoms with Gasteiger partial charge in [0.05, 0.1) is 7.11 Å². The Balaban J connectivity index is 2.27. The summed E-state index contributed by atoms with van der Waals surface area (Å²) in [6.45, 7) is 0.694. The monoisotopic (exact) mass is 317 g/mol. The molecular weight excluding hydrogens is 298 g/mol. The first kappa shape index (κ1) is 15.0. The lowest BCUT2D eigenvalue weighted by Crippen LogP contribution is -2.24. The van der Waals surface area contributed by atoms with E-state index in [9.17, 15) is 4.79 Å². The number of carbonyl (C=O) groups is 1. The van der Waals surface area contributed by atoms with Gasteiger partial charge in [-0.2, -0.15) is 5.10 Å². The second-order valence-electron chi connectivity index (χ2n) is 4.05. The van der Waals surface area contributed by atoms with E-state index < -0.39 is 0 Å². The quantitative estimate of drug-likeness (QED) is 0.590. The SMILES string of the molecule is COc1cc(C(=O)NCCCCCCBr)nn1C. The van der Waals surface area contributed by atoms with Crippen molar-refractivity contribution in [3.63, 3.8) is 0 Å². The van der Waals surface area contributed by atoms with Gasteiger partial charge in [-0.05, 0) is 12.8 Å². The summed E-state index contributed by atoms with van der Waals surface area (Å²) in [7, 11) is 3.30. The molecule has 0 unspecified atom stereocenters. The zero-order valence-corrected chi connectivity index (χ0v) is 12.5. The average Bonchev–Trinajstić information content (AvgIpc) is 2.74. The van der Waals surface area contributed by atoms with Crippen LogP contribution in [0.25, 0.3) is 0 Å². The van der Waals surface area contributed by atoms with Gasteiger partial charge >= 0.3 is 0 Å². The van der Waals surface area contributed by atoms with Crippen molar-refractivity contribution < 1.29 is 9.53 Å². The largest absolute Gasteiger partial charge is 0.481 e. The van der Waals surface area contributed by atoms with Gasteiger partial charge in [0.15, 0.2) is 5.69 Å². The predicted octanol–water partition coefficient (Wildman–Crippen LogP) is 2.11. The molecule has 0 atom stereocenters. The zero-order valence-electron chi connectivity index (χ0n) is 10.9. The third-order valence-corrected chi connectivity index (χ3v) is 3.19. The van der Waals surface area contributed by atoms with Crippen LogP contribution in [0, 0.1) is 0 Å². The smallest absolute Gasteiger partial charge is 0.271 e. The van der Waals surface area contributed by atoms with Crippen molar-refractivity contribution >= 4 is 21.8 Å². The lowest BCUT2D eigenvalue weighted by molar-refractivity contribution is 0.0947. The predicted molar refractivity (Wildman–Crippen MR) is 74.4 cm³/mol. The normalized spacial score (nSPS) is 10.4. The number of nitrogens with one attached hydrogen (secondary N) is 1. The topological polar surface area (TPSA) is 56.1 Å². The molecule has 0 spiro atoms. The maximum absolute atomic E-state index is 11.8. The number of halogens is 1. The van der Waals surface area contributed by atoms with Crippen molar-refractivity contribution in [2.24, 2.45) is 7.05 Å². The molecule has 0 aromatic carbocycles. The maximum Gasteiger partial charge on any atom is 0.271 e. The summed E-state index contributed by atoms with van der Waals surface area (Å²) >= 11 is 3.40. The van der Waals surface area contributed by atoms with Gasteiger partial charge in [-0.25, -0.2) is 4.68 Å². The highest BCUT2D eigenvalue weighted by Crippen LogP contribution is 2.10. The van der Waals surface area contributed by atoms with E-state index in [4.69, 9.17) is 4.74 Å². The molecule has 0 aliphatic rings. The average molecular weight is 318 g/mol. The van der Waals surface area contributed by atoms with E-state index in [1.165, 1.54) is 12.8 Å². The van der Waals surface area contributed by atoms with Crippen LogP contribution < -0.4 is 10.1 Å². The Hall–Kier alpha value is -1.04. The molecule has 102 valence electrons. The molecule has 0 aliphatic carbocycles. The Kier molecular flexibility index (Phi) is 6.78. The molecule has 1 N–H and O–H groups in total. The summed E-state index contributed by atoms with van der Waals surface area (Å²) in [5.74, 6) is 0.437. The number of amides is 1. The molecule has 18 heavy (non-hydrogen) atoms. The number of carbonyl (C=O) groups excluding carboxylic acids is 1. The summed E-state index contributed by atoms with van der Waals surface area (Å²) in [5.41, 5.74) is 0.398. The Bertz CT molecular complexity index is 379. The molecule has 0 bridgehead atoms. The van der Waals surface area contributed by atoms with Crippen molar-refractivity contribution in [3.8, 4) is 5.88 Å². The second-order valence-corrected chi connectivity index (χ2v) is 4.85. The molecule has 1 aromatic heterocycles. The number of nitrogens with zero attached hydrogens (tertiary/aromatic N) is 2. The Labute approximate surface area is 116 Å². The van der Waals surface area contributed by atoms with Gasteiger partial charge in [0.25, 0.3) is 5.91 Å². The molecule has 0 aliphatic heterocycles. The number of ether oxygens (including phenoxy) is 1. The van der Waals surface area contributed by atoms with E-state index in [1.54, 1.807) is 24.9 Å². The van der Waals surface area contributed by atoms with E-state index >= 15 is 0 Å². The van der Waals surface area contributed by atoms with Gasteiger partial charge in [0, 0.05) is 25.0 Å². The first-order valence-electron chi connectivity index (χ1n) is 6.11. The molecule has 0 fully saturated rings. The van der Waals surface area contributed by atoms with Crippen LogP contribution in [0.1, 0.15) is 36.2 Å². The molecule has 0 saturated carbocycles. The van der Waals surface area contributed by atoms with Gasteiger partial charge < -0.3 is 10.1 Å². The minimum absolute atomic E-state index is 0.144. The zero-order chi connectivity index (χ0) is 13.4. The summed E-state index contributed by atoms with van der Waals surface area (Å²) < 4.78 is 6.61. The summed E-state index contributed by atoms with van der Waals surface area (Å²) in [6.07, 6.45) is 4.52. The number of rotatable bonds is 8. The summed E-state index contributed by atoms with van der Waals surface area (Å²) in [5, 5.41) is 7.99. The number of aromatic nitrogens is 2. The molecule has 1 heterocycles. The highest BCUT2D eigenvalue weighted by Gasteiger charge is 2.12. The van der Waals surface area contributed by atoms with Crippen molar-refractivity contribution in [2.75, 3.05) is 19.0 Å². The van der Waals surface area contributed by atoms with Crippen molar-refractivity contribution in [1.82, 2.24) is 15.1 Å². The first-order chi connectivity index (χ1) is 8.69. The lowest BCUT2D eigenvalue weighted by atomic mass is 10.2. The van der Waals surface area contributed by atoms with E-state index in [1.807, 2.05) is 0 Å². The highest BCUT2D eigenvalue weighted by molar-refractivity contribution is 9.09. The number of alkyl halides is 1. The minimum atomic E-state index is -0.144. The first-order valence-corrected chi connectivity index (χ1v) is 7.23. The van der Waals surface area contributed by atoms with Crippen LogP contribution in [-0.4, -0.2) is 34.7 Å². The number of aryl methyl sites for hydroxylation is 1. The molecule has 5 nitrogen and oxygen atoms in total. The van der Waals surface area contributed by atoms with Crippen molar-refractivity contribution in [2.45, 2.75) is 25.7 Å². The van der Waals surface area contributed by atoms with Crippen LogP contribution in [0.2, 0.25) is 0 Å². The fourth-order valence-corrected chi connectivity index (χ4v) is 2.01. The Morgan fingerprint density at radius 2 is 2.17 bits per heavy atom. The van der Waals surface area contributed by atoms with Crippen LogP contribution in [0.4, 0.5) is 0 Å². The number of hydrogen-bond donors (Lipinski definition) is 1. The number of methoxy groups -OCH3 is 1. The Morgan fingerprint density at radius 3 is 2.78 bits per heavy atom. The second kappa shape index (κ2) is 8.13. The van der Waals surface area contributed by atoms with Gasteiger partial charge in [-0.15, -0.1) is 0 Å². The molecule has 1 aromatic rings. The fourth-order valence-electron chi connectivity index (χ4n) is 1.62. The minimum Gasteiger partial charge on any atom is -0.481 e. The van der Waals surface area contributed by atoms with Crippen LogP contribution in [0.5, 0.6) is 5.88 Å². The van der Waals surface area contributed by atoms with Gasteiger partial charge in [0.1, 0.15) is 0 Å². The third kappa shape index (κ3) is 4.68. The van der Waals surface area contributed by atoms with Crippen LogP contribution in [-0.2, 0) is 7.05 Å². The Morgan fingerprint density at radius 1 is 1.44 bits per heavy atom. The van der Waals surface area contributed by atoms with E-state index in [0.29, 0.717) is 18.1 Å². The van der Waals surface area contributed by atoms with Crippen LogP contribution in [0.3, 0.4) is 0 Å². The van der Waals surface area contributed by atoms with E-state index in [2.05, 4.69) is 26.3 Å². The van der Waals surface area contributed by atoms with Gasteiger partial charge in [-0.3, -0.25) is 4.79 Å². The molecule has 6 heteroatoms. The van der Waals surface area contributed by atoms with Gasteiger partial charge in [0.2, 0.25) is 5.88 Å². The van der Waals surface area contributed by atoms with Crippen LogP contribution >= 0.6 is 15.9 Å². The van der Waals surface area contributed by atoms with Gasteiger partial charge in [-0.1, -0.05) is 28.8 Å². The third-order valence-electron chi connectivity index (χ3n) is 2.62. The highest BCUT2D eigenvalue weighted by atomic mass is 79.9. The van der Waals surface area contributed by atoms with Crippen LogP contribution in [0.15, 0.2) is 6.07 Å². The molecule has 0 radical (unpaired) electrons. The number of hydrogen-bond acceptors (Lipinski definition) is 3. The van der Waals surface area contributed by atoms with Crippen molar-refractivity contribution in [3.05, 3.63) is 11.8 Å². The summed E-state index contributed by atoms with van der Waals surface area (Å²) in [6, 6.07) is 1.64. The molecule has 0 saturated heterocycles. The lowest BCUT2D eigenvalue weighted by Gasteiger charge is -2.02. The van der Waals surface area contributed by atoms with E-state index in [0.717, 1.165) is 18.2 Å². The molecular formula is C12H20BrN3O2. The number of unbranched alkanes of at least 4 members (excludes halogenated alkanes) is 3. The molecule has 1 amide bonds.